The molecule has 1 unspecified atom stereocenters. The van der Waals surface area contributed by atoms with Crippen LogP contribution in [0.1, 0.15) is 53.9 Å². The average Bonchev–Trinajstić information content (AvgIpc) is 3.31. The Bertz CT molecular complexity index is 620. The highest BCUT2D eigenvalue weighted by Gasteiger charge is 2.69. The largest absolute Gasteiger partial charge is 0.480 e. The number of aliphatic carboxylic acids is 1. The number of nitrogens with one attached hydrogen (secondary N) is 1. The number of rotatable bonds is 5. The normalized spacial score (nSPS) is 30.3. The van der Waals surface area contributed by atoms with Crippen molar-refractivity contribution in [2.24, 2.45) is 23.2 Å². The number of carbonyl (C=O) groups excluding carboxylic acids is 2. The summed E-state index contributed by atoms with van der Waals surface area (Å²) >= 11 is 0. The molecular weight excluding hydrogens is 336 g/mol. The van der Waals surface area contributed by atoms with E-state index in [1.165, 1.54) is 4.90 Å². The van der Waals surface area contributed by atoms with Crippen LogP contribution in [-0.4, -0.2) is 52.2 Å². The first kappa shape index (κ1) is 19.0. The molecule has 3 fully saturated rings. The summed E-state index contributed by atoms with van der Waals surface area (Å²) in [6.45, 7) is 9.86. The highest BCUT2D eigenvalue weighted by atomic mass is 16.6. The van der Waals surface area contributed by atoms with Crippen molar-refractivity contribution in [2.45, 2.75) is 71.6 Å². The number of carboxylic acids is 1. The second-order valence-electron chi connectivity index (χ2n) is 9.61. The lowest BCUT2D eigenvalue weighted by Gasteiger charge is -2.32. The Hall–Kier alpha value is -1.79. The summed E-state index contributed by atoms with van der Waals surface area (Å²) in [4.78, 5) is 38.5. The van der Waals surface area contributed by atoms with Gasteiger partial charge in [-0.05, 0) is 44.4 Å². The van der Waals surface area contributed by atoms with Crippen LogP contribution in [0, 0.1) is 23.2 Å². The lowest BCUT2D eigenvalue weighted by Crippen LogP contribution is -2.54. The molecule has 4 atom stereocenters. The highest BCUT2D eigenvalue weighted by molar-refractivity contribution is 5.90. The van der Waals surface area contributed by atoms with E-state index in [9.17, 15) is 19.5 Å². The Balaban J connectivity index is 1.71. The predicted molar refractivity (Wildman–Crippen MR) is 94.4 cm³/mol. The summed E-state index contributed by atoms with van der Waals surface area (Å²) in [6, 6.07) is -1.52. The molecule has 1 aliphatic heterocycles. The first-order valence-corrected chi connectivity index (χ1v) is 9.44. The third-order valence-electron chi connectivity index (χ3n) is 6.00. The van der Waals surface area contributed by atoms with Crippen LogP contribution in [-0.2, 0) is 14.3 Å². The summed E-state index contributed by atoms with van der Waals surface area (Å²) in [5, 5.41) is 12.4. The zero-order valence-corrected chi connectivity index (χ0v) is 16.2. The van der Waals surface area contributed by atoms with Gasteiger partial charge in [-0.15, -0.1) is 0 Å². The molecule has 0 bridgehead atoms. The van der Waals surface area contributed by atoms with Gasteiger partial charge in [0.05, 0.1) is 0 Å². The van der Waals surface area contributed by atoms with E-state index in [0.717, 1.165) is 12.8 Å². The molecule has 3 aliphatic rings. The lowest BCUT2D eigenvalue weighted by atomic mass is 9.99. The van der Waals surface area contributed by atoms with E-state index >= 15 is 0 Å². The molecular formula is C19H30N2O5. The van der Waals surface area contributed by atoms with E-state index in [1.54, 1.807) is 20.8 Å². The number of fused-ring (bicyclic) bond motifs is 1. The number of piperidine rings is 1. The molecule has 26 heavy (non-hydrogen) atoms. The minimum absolute atomic E-state index is 0.00736. The summed E-state index contributed by atoms with van der Waals surface area (Å²) in [5.41, 5.74) is -0.690. The van der Waals surface area contributed by atoms with E-state index in [0.29, 0.717) is 18.9 Å². The molecule has 0 spiro atoms. The number of likely N-dealkylation sites (tertiary alicyclic amines) is 1. The maximum atomic E-state index is 13.1. The standard InChI is InChI=1S/C19H30N2O5/c1-18(2,3)26-17(25)20-12(8-10-6-7-10)15(22)21-9-11-13(19(11,4)5)14(21)16(23)24/h10-14H,6-9H2,1-5H3,(H,20,25)(H,23,24)/t11-,12?,13-,14-/m0/s1. The van der Waals surface area contributed by atoms with E-state index < -0.39 is 29.7 Å². The van der Waals surface area contributed by atoms with Gasteiger partial charge in [0.15, 0.2) is 0 Å². The maximum Gasteiger partial charge on any atom is 0.408 e. The van der Waals surface area contributed by atoms with Crippen LogP contribution in [0.2, 0.25) is 0 Å². The van der Waals surface area contributed by atoms with Gasteiger partial charge in [-0.1, -0.05) is 26.7 Å². The number of alkyl carbamates (subject to hydrolysis) is 1. The Morgan fingerprint density at radius 3 is 2.38 bits per heavy atom. The Labute approximate surface area is 154 Å². The zero-order valence-electron chi connectivity index (χ0n) is 16.2. The van der Waals surface area contributed by atoms with Crippen molar-refractivity contribution in [3.05, 3.63) is 0 Å². The van der Waals surface area contributed by atoms with Crippen LogP contribution in [0.5, 0.6) is 0 Å². The fraction of sp³-hybridized carbons (Fsp3) is 0.842. The Morgan fingerprint density at radius 2 is 1.88 bits per heavy atom. The highest BCUT2D eigenvalue weighted by Crippen LogP contribution is 2.64. The van der Waals surface area contributed by atoms with Crippen LogP contribution in [0.25, 0.3) is 0 Å². The molecule has 2 N–H and O–H groups in total. The van der Waals surface area contributed by atoms with Gasteiger partial charge in [0.1, 0.15) is 17.7 Å². The van der Waals surface area contributed by atoms with Crippen LogP contribution in [0.4, 0.5) is 4.79 Å². The second-order valence-corrected chi connectivity index (χ2v) is 9.61. The predicted octanol–water partition coefficient (Wildman–Crippen LogP) is 2.25. The van der Waals surface area contributed by atoms with Crippen LogP contribution in [0.15, 0.2) is 0 Å². The maximum absolute atomic E-state index is 13.1. The fourth-order valence-corrected chi connectivity index (χ4v) is 4.35. The first-order valence-electron chi connectivity index (χ1n) is 9.44. The number of carboxylic acid groups (broad SMARTS) is 1. The van der Waals surface area contributed by atoms with E-state index in [-0.39, 0.29) is 23.2 Å². The molecule has 0 radical (unpaired) electrons. The summed E-state index contributed by atoms with van der Waals surface area (Å²) < 4.78 is 5.28. The van der Waals surface area contributed by atoms with Crippen molar-refractivity contribution in [3.8, 4) is 0 Å². The van der Waals surface area contributed by atoms with Gasteiger partial charge in [0.2, 0.25) is 5.91 Å². The van der Waals surface area contributed by atoms with Crippen molar-refractivity contribution >= 4 is 18.0 Å². The number of hydrogen-bond acceptors (Lipinski definition) is 4. The van der Waals surface area contributed by atoms with Crippen molar-refractivity contribution in [1.29, 1.82) is 0 Å². The molecule has 1 saturated heterocycles. The van der Waals surface area contributed by atoms with Gasteiger partial charge in [-0.3, -0.25) is 4.79 Å². The third-order valence-corrected chi connectivity index (χ3v) is 6.00. The minimum Gasteiger partial charge on any atom is -0.480 e. The van der Waals surface area contributed by atoms with Gasteiger partial charge in [0.25, 0.3) is 0 Å². The molecule has 7 heteroatoms. The molecule has 0 aromatic heterocycles. The molecule has 2 saturated carbocycles. The number of hydrogen-bond donors (Lipinski definition) is 2. The van der Waals surface area contributed by atoms with Crippen molar-refractivity contribution < 1.29 is 24.2 Å². The second kappa shape index (κ2) is 6.13. The molecule has 146 valence electrons. The van der Waals surface area contributed by atoms with Gasteiger partial charge >= 0.3 is 12.1 Å². The Morgan fingerprint density at radius 1 is 1.27 bits per heavy atom. The van der Waals surface area contributed by atoms with Crippen LogP contribution < -0.4 is 5.32 Å². The number of carbonyl (C=O) groups is 3. The number of nitrogens with zero attached hydrogens (tertiary/aromatic N) is 1. The molecule has 2 amide bonds. The average molecular weight is 366 g/mol. The minimum atomic E-state index is -0.959. The fourth-order valence-electron chi connectivity index (χ4n) is 4.35. The summed E-state index contributed by atoms with van der Waals surface area (Å²) in [5.74, 6) is -0.629. The van der Waals surface area contributed by atoms with Crippen molar-refractivity contribution in [1.82, 2.24) is 10.2 Å². The third kappa shape index (κ3) is 3.67. The number of amides is 2. The molecule has 1 heterocycles. The van der Waals surface area contributed by atoms with Gasteiger partial charge in [-0.2, -0.15) is 0 Å². The van der Waals surface area contributed by atoms with Gasteiger partial charge < -0.3 is 20.1 Å². The first-order chi connectivity index (χ1) is 11.9. The van der Waals surface area contributed by atoms with Crippen molar-refractivity contribution in [2.75, 3.05) is 6.54 Å². The van der Waals surface area contributed by atoms with E-state index in [2.05, 4.69) is 19.2 Å². The summed E-state index contributed by atoms with van der Waals surface area (Å²) in [6.07, 6.45) is 1.99. The molecule has 7 nitrogen and oxygen atoms in total. The monoisotopic (exact) mass is 366 g/mol. The molecule has 0 aromatic rings. The SMILES string of the molecule is CC(C)(C)OC(=O)NC(CC1CC1)C(=O)N1C[C@H]2[C@@H]([C@H]1C(=O)O)C2(C)C. The molecule has 3 rings (SSSR count). The van der Waals surface area contributed by atoms with Crippen molar-refractivity contribution in [3.63, 3.8) is 0 Å². The molecule has 0 aromatic carbocycles. The van der Waals surface area contributed by atoms with Gasteiger partial charge in [-0.25, -0.2) is 9.59 Å². The summed E-state index contributed by atoms with van der Waals surface area (Å²) in [7, 11) is 0. The smallest absolute Gasteiger partial charge is 0.408 e. The van der Waals surface area contributed by atoms with Crippen LogP contribution in [0.3, 0.4) is 0 Å². The van der Waals surface area contributed by atoms with Gasteiger partial charge in [0, 0.05) is 12.5 Å². The quantitative estimate of drug-likeness (QED) is 0.778. The van der Waals surface area contributed by atoms with E-state index in [1.807, 2.05) is 0 Å². The zero-order chi connectivity index (χ0) is 19.4. The number of ether oxygens (including phenoxy) is 1. The molecule has 2 aliphatic carbocycles. The lowest BCUT2D eigenvalue weighted by molar-refractivity contribution is -0.151. The van der Waals surface area contributed by atoms with Crippen LogP contribution >= 0.6 is 0 Å². The Kier molecular flexibility index (Phi) is 4.48. The van der Waals surface area contributed by atoms with E-state index in [4.69, 9.17) is 4.74 Å². The topological polar surface area (TPSA) is 95.9 Å².